The quantitative estimate of drug-likeness (QED) is 0.744. The molecule has 132 valence electrons. The average Bonchev–Trinajstić information content (AvgIpc) is 2.58. The number of likely N-dealkylation sites (N-methyl/N-ethyl adjacent to an activating group) is 1. The van der Waals surface area contributed by atoms with Crippen LogP contribution in [0.15, 0.2) is 24.3 Å². The summed E-state index contributed by atoms with van der Waals surface area (Å²) in [6, 6.07) is 6.86. The molecule has 0 fully saturated rings. The first-order chi connectivity index (χ1) is 11.5. The van der Waals surface area contributed by atoms with E-state index >= 15 is 0 Å². The van der Waals surface area contributed by atoms with Crippen molar-refractivity contribution in [2.75, 3.05) is 38.7 Å². The number of ether oxygens (including phenoxy) is 2. The van der Waals surface area contributed by atoms with Gasteiger partial charge in [0.15, 0.2) is 0 Å². The zero-order chi connectivity index (χ0) is 17.9. The number of nitrogens with one attached hydrogen (secondary N) is 2. The standard InChI is InChI=1S/C16H23N3O5/c1-4-19(15(21)10-17-16(22)24-5-2)11-14(20)18-12-6-8-13(23-3)9-7-12/h6-9H,4-5,10-11H2,1-3H3,(H,17,22)(H,18,20). The summed E-state index contributed by atoms with van der Waals surface area (Å²) in [5.74, 6) is -0.00895. The Kier molecular flexibility index (Phi) is 8.10. The third-order valence-corrected chi connectivity index (χ3v) is 3.10. The summed E-state index contributed by atoms with van der Waals surface area (Å²) in [6.07, 6.45) is -0.662. The fraction of sp³-hybridized carbons (Fsp3) is 0.438. The number of hydrogen-bond donors (Lipinski definition) is 2. The van der Waals surface area contributed by atoms with Crippen LogP contribution in [0.5, 0.6) is 5.75 Å². The van der Waals surface area contributed by atoms with E-state index in [4.69, 9.17) is 4.74 Å². The maximum absolute atomic E-state index is 12.0. The molecule has 0 bridgehead atoms. The average molecular weight is 337 g/mol. The Hall–Kier alpha value is -2.77. The topological polar surface area (TPSA) is 97.0 Å². The SMILES string of the molecule is CCOC(=O)NCC(=O)N(CC)CC(=O)Nc1ccc(OC)cc1. The second-order valence-corrected chi connectivity index (χ2v) is 4.76. The largest absolute Gasteiger partial charge is 0.497 e. The Balaban J connectivity index is 2.49. The zero-order valence-electron chi connectivity index (χ0n) is 14.1. The number of amides is 3. The van der Waals surface area contributed by atoms with E-state index in [0.717, 1.165) is 0 Å². The number of hydrogen-bond acceptors (Lipinski definition) is 5. The van der Waals surface area contributed by atoms with E-state index in [0.29, 0.717) is 18.0 Å². The summed E-state index contributed by atoms with van der Waals surface area (Å²) in [7, 11) is 1.56. The summed E-state index contributed by atoms with van der Waals surface area (Å²) in [6.45, 7) is 3.67. The summed E-state index contributed by atoms with van der Waals surface area (Å²) >= 11 is 0. The molecule has 0 aliphatic heterocycles. The molecule has 0 aliphatic rings. The van der Waals surface area contributed by atoms with E-state index in [2.05, 4.69) is 15.4 Å². The summed E-state index contributed by atoms with van der Waals surface area (Å²) < 4.78 is 9.72. The number of carbonyl (C=O) groups excluding carboxylic acids is 3. The van der Waals surface area contributed by atoms with Gasteiger partial charge in [0, 0.05) is 12.2 Å². The lowest BCUT2D eigenvalue weighted by molar-refractivity contribution is -0.133. The highest BCUT2D eigenvalue weighted by Gasteiger charge is 2.16. The minimum absolute atomic E-state index is 0.105. The Bertz CT molecular complexity index is 559. The first-order valence-electron chi connectivity index (χ1n) is 7.62. The molecule has 24 heavy (non-hydrogen) atoms. The molecule has 1 rings (SSSR count). The van der Waals surface area contributed by atoms with Gasteiger partial charge in [-0.2, -0.15) is 0 Å². The van der Waals surface area contributed by atoms with E-state index in [9.17, 15) is 14.4 Å². The van der Waals surface area contributed by atoms with Crippen LogP contribution in [0.25, 0.3) is 0 Å². The van der Waals surface area contributed by atoms with E-state index in [1.165, 1.54) is 4.90 Å². The molecule has 0 unspecified atom stereocenters. The third-order valence-electron chi connectivity index (χ3n) is 3.10. The van der Waals surface area contributed by atoms with E-state index in [-0.39, 0.29) is 31.5 Å². The maximum atomic E-state index is 12.0. The Morgan fingerprint density at radius 2 is 1.79 bits per heavy atom. The van der Waals surface area contributed by atoms with Crippen LogP contribution in [-0.2, 0) is 14.3 Å². The van der Waals surface area contributed by atoms with Gasteiger partial charge in [0.05, 0.1) is 20.3 Å². The Labute approximate surface area is 141 Å². The molecule has 0 saturated carbocycles. The number of alkyl carbamates (subject to hydrolysis) is 1. The van der Waals surface area contributed by atoms with Crippen LogP contribution in [0.2, 0.25) is 0 Å². The van der Waals surface area contributed by atoms with Crippen molar-refractivity contribution >= 4 is 23.6 Å². The van der Waals surface area contributed by atoms with Gasteiger partial charge >= 0.3 is 6.09 Å². The molecule has 1 aromatic rings. The number of benzene rings is 1. The van der Waals surface area contributed by atoms with Crippen molar-refractivity contribution in [2.45, 2.75) is 13.8 Å². The molecule has 8 nitrogen and oxygen atoms in total. The second kappa shape index (κ2) is 10.1. The summed E-state index contributed by atoms with van der Waals surface area (Å²) in [5.41, 5.74) is 0.606. The molecule has 3 amide bonds. The maximum Gasteiger partial charge on any atom is 0.407 e. The number of rotatable bonds is 8. The van der Waals surface area contributed by atoms with E-state index < -0.39 is 6.09 Å². The predicted octanol–water partition coefficient (Wildman–Crippen LogP) is 1.23. The zero-order valence-corrected chi connectivity index (χ0v) is 14.1. The van der Waals surface area contributed by atoms with Crippen LogP contribution in [0.4, 0.5) is 10.5 Å². The molecule has 8 heteroatoms. The molecular formula is C16H23N3O5. The second-order valence-electron chi connectivity index (χ2n) is 4.76. The number of nitrogens with zero attached hydrogens (tertiary/aromatic N) is 1. The van der Waals surface area contributed by atoms with Crippen molar-refractivity contribution in [1.29, 1.82) is 0 Å². The normalized spacial score (nSPS) is 9.79. The van der Waals surface area contributed by atoms with Gasteiger partial charge < -0.3 is 25.0 Å². The molecule has 2 N–H and O–H groups in total. The van der Waals surface area contributed by atoms with Crippen LogP contribution in [0.3, 0.4) is 0 Å². The lowest BCUT2D eigenvalue weighted by Crippen LogP contribution is -2.43. The van der Waals surface area contributed by atoms with Gasteiger partial charge in [-0.05, 0) is 38.1 Å². The van der Waals surface area contributed by atoms with E-state index in [1.54, 1.807) is 45.2 Å². The molecule has 0 spiro atoms. The van der Waals surface area contributed by atoms with Crippen LogP contribution < -0.4 is 15.4 Å². The lowest BCUT2D eigenvalue weighted by Gasteiger charge is -2.20. The van der Waals surface area contributed by atoms with Crippen LogP contribution >= 0.6 is 0 Å². The highest BCUT2D eigenvalue weighted by Crippen LogP contribution is 2.14. The van der Waals surface area contributed by atoms with Gasteiger partial charge in [0.25, 0.3) is 0 Å². The van der Waals surface area contributed by atoms with Gasteiger partial charge in [-0.15, -0.1) is 0 Å². The molecule has 0 radical (unpaired) electrons. The monoisotopic (exact) mass is 337 g/mol. The van der Waals surface area contributed by atoms with E-state index in [1.807, 2.05) is 0 Å². The first-order valence-corrected chi connectivity index (χ1v) is 7.62. The molecule has 1 aromatic carbocycles. The van der Waals surface area contributed by atoms with Gasteiger partial charge in [-0.1, -0.05) is 0 Å². The molecule has 0 saturated heterocycles. The Morgan fingerprint density at radius 3 is 2.33 bits per heavy atom. The fourth-order valence-corrected chi connectivity index (χ4v) is 1.87. The molecule has 0 atom stereocenters. The van der Waals surface area contributed by atoms with Crippen molar-refractivity contribution in [3.05, 3.63) is 24.3 Å². The van der Waals surface area contributed by atoms with Gasteiger partial charge in [-0.3, -0.25) is 9.59 Å². The van der Waals surface area contributed by atoms with Gasteiger partial charge in [-0.25, -0.2) is 4.79 Å². The summed E-state index contributed by atoms with van der Waals surface area (Å²) in [4.78, 5) is 36.6. The number of methoxy groups -OCH3 is 1. The van der Waals surface area contributed by atoms with Crippen LogP contribution in [0.1, 0.15) is 13.8 Å². The van der Waals surface area contributed by atoms with Crippen LogP contribution in [-0.4, -0.2) is 56.2 Å². The lowest BCUT2D eigenvalue weighted by atomic mass is 10.3. The molecule has 0 aromatic heterocycles. The minimum Gasteiger partial charge on any atom is -0.497 e. The van der Waals surface area contributed by atoms with Crippen LogP contribution in [0, 0.1) is 0 Å². The van der Waals surface area contributed by atoms with Crippen molar-refractivity contribution in [3.8, 4) is 5.75 Å². The smallest absolute Gasteiger partial charge is 0.407 e. The van der Waals surface area contributed by atoms with Crippen molar-refractivity contribution in [3.63, 3.8) is 0 Å². The number of anilines is 1. The Morgan fingerprint density at radius 1 is 1.12 bits per heavy atom. The van der Waals surface area contributed by atoms with Crippen molar-refractivity contribution in [2.24, 2.45) is 0 Å². The first kappa shape index (κ1) is 19.3. The highest BCUT2D eigenvalue weighted by molar-refractivity contribution is 5.95. The third kappa shape index (κ3) is 6.55. The van der Waals surface area contributed by atoms with Crippen molar-refractivity contribution in [1.82, 2.24) is 10.2 Å². The number of carbonyl (C=O) groups is 3. The predicted molar refractivity (Wildman–Crippen MR) is 88.9 cm³/mol. The molecule has 0 aliphatic carbocycles. The highest BCUT2D eigenvalue weighted by atomic mass is 16.5. The fourth-order valence-electron chi connectivity index (χ4n) is 1.87. The molecular weight excluding hydrogens is 314 g/mol. The molecule has 0 heterocycles. The van der Waals surface area contributed by atoms with Gasteiger partial charge in [0.1, 0.15) is 12.3 Å². The summed E-state index contributed by atoms with van der Waals surface area (Å²) in [5, 5.41) is 5.03. The van der Waals surface area contributed by atoms with Gasteiger partial charge in [0.2, 0.25) is 11.8 Å². The van der Waals surface area contributed by atoms with Crippen molar-refractivity contribution < 1.29 is 23.9 Å². The minimum atomic E-state index is -0.662.